The van der Waals surface area contributed by atoms with E-state index >= 15 is 0 Å². The van der Waals surface area contributed by atoms with Crippen molar-refractivity contribution in [1.29, 1.82) is 0 Å². The summed E-state index contributed by atoms with van der Waals surface area (Å²) in [4.78, 5) is 0. The van der Waals surface area contributed by atoms with E-state index in [2.05, 4.69) is 36.2 Å². The molecule has 0 aliphatic rings. The predicted octanol–water partition coefficient (Wildman–Crippen LogP) is 2.58. The van der Waals surface area contributed by atoms with Gasteiger partial charge in [-0.25, -0.2) is 0 Å². The Hall–Kier alpha value is -1.81. The van der Waals surface area contributed by atoms with Gasteiger partial charge in [-0.1, -0.05) is 32.0 Å². The quantitative estimate of drug-likeness (QED) is 0.870. The Bertz CT molecular complexity index is 531. The van der Waals surface area contributed by atoms with E-state index < -0.39 is 0 Å². The second kappa shape index (κ2) is 4.82. The SMILES string of the molecule is COCC(C)(C)c1cccc(-c2cc(N)n[nH]2)c1. The Balaban J connectivity index is 2.36. The van der Waals surface area contributed by atoms with E-state index in [4.69, 9.17) is 10.5 Å². The molecule has 0 aliphatic heterocycles. The molecule has 0 atom stereocenters. The average molecular weight is 245 g/mol. The van der Waals surface area contributed by atoms with Crippen molar-refractivity contribution in [2.24, 2.45) is 0 Å². The van der Waals surface area contributed by atoms with E-state index in [1.165, 1.54) is 5.56 Å². The zero-order chi connectivity index (χ0) is 13.2. The number of aromatic nitrogens is 2. The third-order valence-corrected chi connectivity index (χ3v) is 3.06. The van der Waals surface area contributed by atoms with Gasteiger partial charge in [-0.15, -0.1) is 0 Å². The van der Waals surface area contributed by atoms with Crippen molar-refractivity contribution in [3.05, 3.63) is 35.9 Å². The molecule has 0 fully saturated rings. The summed E-state index contributed by atoms with van der Waals surface area (Å²) in [5.74, 6) is 0.506. The van der Waals surface area contributed by atoms with Crippen molar-refractivity contribution in [3.8, 4) is 11.3 Å². The van der Waals surface area contributed by atoms with Crippen LogP contribution in [0.4, 0.5) is 5.82 Å². The molecule has 0 bridgehead atoms. The maximum Gasteiger partial charge on any atom is 0.145 e. The minimum absolute atomic E-state index is 0.0175. The Morgan fingerprint density at radius 1 is 1.33 bits per heavy atom. The molecular formula is C14H19N3O. The predicted molar refractivity (Wildman–Crippen MR) is 73.3 cm³/mol. The molecule has 4 nitrogen and oxygen atoms in total. The highest BCUT2D eigenvalue weighted by Crippen LogP contribution is 2.27. The molecule has 1 aromatic heterocycles. The maximum absolute atomic E-state index is 5.63. The van der Waals surface area contributed by atoms with Crippen LogP contribution >= 0.6 is 0 Å². The highest BCUT2D eigenvalue weighted by Gasteiger charge is 2.20. The second-order valence-electron chi connectivity index (χ2n) is 5.10. The number of ether oxygens (including phenoxy) is 1. The molecule has 0 unspecified atom stereocenters. The Morgan fingerprint density at radius 3 is 2.72 bits per heavy atom. The standard InChI is InChI=1S/C14H19N3O/c1-14(2,9-18-3)11-6-4-5-10(7-11)12-8-13(15)17-16-12/h4-8H,9H2,1-3H3,(H3,15,16,17). The number of H-pyrrole nitrogens is 1. The fraction of sp³-hybridized carbons (Fsp3) is 0.357. The molecule has 0 spiro atoms. The number of nitrogen functional groups attached to an aromatic ring is 1. The summed E-state index contributed by atoms with van der Waals surface area (Å²) in [6.07, 6.45) is 0. The summed E-state index contributed by atoms with van der Waals surface area (Å²) in [5, 5.41) is 6.88. The van der Waals surface area contributed by atoms with E-state index in [0.717, 1.165) is 11.3 Å². The van der Waals surface area contributed by atoms with Crippen LogP contribution in [0.1, 0.15) is 19.4 Å². The number of methoxy groups -OCH3 is 1. The second-order valence-corrected chi connectivity index (χ2v) is 5.10. The number of hydrogen-bond acceptors (Lipinski definition) is 3. The van der Waals surface area contributed by atoms with Crippen LogP contribution in [0, 0.1) is 0 Å². The number of benzene rings is 1. The third-order valence-electron chi connectivity index (χ3n) is 3.06. The Kier molecular flexibility index (Phi) is 3.39. The first-order valence-corrected chi connectivity index (χ1v) is 5.94. The van der Waals surface area contributed by atoms with Crippen LogP contribution in [-0.2, 0) is 10.2 Å². The third kappa shape index (κ3) is 2.54. The number of anilines is 1. The van der Waals surface area contributed by atoms with Crippen LogP contribution in [0.15, 0.2) is 30.3 Å². The molecule has 4 heteroatoms. The molecule has 1 heterocycles. The summed E-state index contributed by atoms with van der Waals surface area (Å²) < 4.78 is 5.27. The van der Waals surface area contributed by atoms with E-state index in [9.17, 15) is 0 Å². The van der Waals surface area contributed by atoms with Gasteiger partial charge in [0, 0.05) is 18.6 Å². The molecule has 0 radical (unpaired) electrons. The van der Waals surface area contributed by atoms with Gasteiger partial charge >= 0.3 is 0 Å². The van der Waals surface area contributed by atoms with E-state index in [0.29, 0.717) is 12.4 Å². The number of hydrogen-bond donors (Lipinski definition) is 2. The molecule has 0 saturated heterocycles. The Morgan fingerprint density at radius 2 is 2.11 bits per heavy atom. The molecule has 96 valence electrons. The smallest absolute Gasteiger partial charge is 0.145 e. The van der Waals surface area contributed by atoms with E-state index in [-0.39, 0.29) is 5.41 Å². The molecule has 0 aliphatic carbocycles. The summed E-state index contributed by atoms with van der Waals surface area (Å²) in [5.41, 5.74) is 8.86. The van der Waals surface area contributed by atoms with Gasteiger partial charge in [0.15, 0.2) is 0 Å². The van der Waals surface area contributed by atoms with Crippen molar-refractivity contribution in [1.82, 2.24) is 10.2 Å². The lowest BCUT2D eigenvalue weighted by atomic mass is 9.84. The normalized spacial score (nSPS) is 11.7. The Labute approximate surface area is 107 Å². The monoisotopic (exact) mass is 245 g/mol. The van der Waals surface area contributed by atoms with Crippen LogP contribution in [0.3, 0.4) is 0 Å². The number of nitrogens with two attached hydrogens (primary N) is 1. The number of aromatic amines is 1. The van der Waals surface area contributed by atoms with Crippen LogP contribution in [0.5, 0.6) is 0 Å². The first-order valence-electron chi connectivity index (χ1n) is 5.94. The van der Waals surface area contributed by atoms with Gasteiger partial charge in [-0.2, -0.15) is 5.10 Å². The van der Waals surface area contributed by atoms with Crippen LogP contribution in [-0.4, -0.2) is 23.9 Å². The van der Waals surface area contributed by atoms with Gasteiger partial charge in [-0.3, -0.25) is 5.10 Å². The lowest BCUT2D eigenvalue weighted by Crippen LogP contribution is -2.23. The van der Waals surface area contributed by atoms with Crippen molar-refractivity contribution >= 4 is 5.82 Å². The minimum atomic E-state index is -0.0175. The van der Waals surface area contributed by atoms with Gasteiger partial charge in [0.25, 0.3) is 0 Å². The lowest BCUT2D eigenvalue weighted by Gasteiger charge is -2.24. The molecule has 18 heavy (non-hydrogen) atoms. The highest BCUT2D eigenvalue weighted by molar-refractivity contribution is 5.63. The first-order chi connectivity index (χ1) is 8.53. The first kappa shape index (κ1) is 12.6. The number of rotatable bonds is 4. The summed E-state index contributed by atoms with van der Waals surface area (Å²) >= 11 is 0. The van der Waals surface area contributed by atoms with Gasteiger partial charge in [0.1, 0.15) is 5.82 Å². The summed E-state index contributed by atoms with van der Waals surface area (Å²) in [7, 11) is 1.72. The fourth-order valence-corrected chi connectivity index (χ4v) is 2.04. The van der Waals surface area contributed by atoms with Gasteiger partial charge in [0.2, 0.25) is 0 Å². The molecule has 2 aromatic rings. The summed E-state index contributed by atoms with van der Waals surface area (Å²) in [6, 6.07) is 10.2. The fourth-order valence-electron chi connectivity index (χ4n) is 2.04. The van der Waals surface area contributed by atoms with Gasteiger partial charge < -0.3 is 10.5 Å². The van der Waals surface area contributed by atoms with E-state index in [1.54, 1.807) is 7.11 Å². The van der Waals surface area contributed by atoms with Crippen molar-refractivity contribution in [2.45, 2.75) is 19.3 Å². The minimum Gasteiger partial charge on any atom is -0.384 e. The van der Waals surface area contributed by atoms with Crippen molar-refractivity contribution in [2.75, 3.05) is 19.5 Å². The van der Waals surface area contributed by atoms with Crippen LogP contribution in [0.25, 0.3) is 11.3 Å². The molecule has 1 aromatic carbocycles. The largest absolute Gasteiger partial charge is 0.384 e. The average Bonchev–Trinajstić information content (AvgIpc) is 2.76. The van der Waals surface area contributed by atoms with Crippen molar-refractivity contribution < 1.29 is 4.74 Å². The molecule has 0 saturated carbocycles. The lowest BCUT2D eigenvalue weighted by molar-refractivity contribution is 0.146. The van der Waals surface area contributed by atoms with Crippen LogP contribution in [0.2, 0.25) is 0 Å². The number of nitrogens with one attached hydrogen (secondary N) is 1. The molecule has 3 N–H and O–H groups in total. The summed E-state index contributed by atoms with van der Waals surface area (Å²) in [6.45, 7) is 5.01. The topological polar surface area (TPSA) is 63.9 Å². The van der Waals surface area contributed by atoms with Gasteiger partial charge in [-0.05, 0) is 17.2 Å². The highest BCUT2D eigenvalue weighted by atomic mass is 16.5. The molecule has 2 rings (SSSR count). The van der Waals surface area contributed by atoms with Crippen molar-refractivity contribution in [3.63, 3.8) is 0 Å². The number of nitrogens with zero attached hydrogens (tertiary/aromatic N) is 1. The van der Waals surface area contributed by atoms with Gasteiger partial charge in [0.05, 0.1) is 12.3 Å². The van der Waals surface area contributed by atoms with E-state index in [1.807, 2.05) is 18.2 Å². The zero-order valence-corrected chi connectivity index (χ0v) is 11.0. The molecular weight excluding hydrogens is 226 g/mol. The van der Waals surface area contributed by atoms with Crippen LogP contribution < -0.4 is 5.73 Å². The zero-order valence-electron chi connectivity index (χ0n) is 11.0. The molecule has 0 amide bonds. The maximum atomic E-state index is 5.63.